The van der Waals surface area contributed by atoms with Gasteiger partial charge in [-0.05, 0) is 35.0 Å². The van der Waals surface area contributed by atoms with Crippen molar-refractivity contribution in [2.24, 2.45) is 0 Å². The van der Waals surface area contributed by atoms with E-state index in [4.69, 9.17) is 4.42 Å². The number of fused-ring (bicyclic) bond motifs is 1. The molecule has 0 saturated carbocycles. The van der Waals surface area contributed by atoms with Gasteiger partial charge in [-0.1, -0.05) is 54.2 Å². The number of hydrogen-bond donors (Lipinski definition) is 1. The number of nitrogens with one attached hydrogen (secondary N) is 1. The lowest BCUT2D eigenvalue weighted by Crippen LogP contribution is -2.15. The van der Waals surface area contributed by atoms with Crippen LogP contribution in [0, 0.1) is 0 Å². The molecule has 30 heavy (non-hydrogen) atoms. The van der Waals surface area contributed by atoms with Crippen molar-refractivity contribution in [2.45, 2.75) is 11.4 Å². The Hall–Kier alpha value is -3.33. The van der Waals surface area contributed by atoms with Gasteiger partial charge >= 0.3 is 6.18 Å². The summed E-state index contributed by atoms with van der Waals surface area (Å²) in [5.74, 6) is -0.246. The number of alkyl halides is 3. The van der Waals surface area contributed by atoms with Crippen molar-refractivity contribution in [2.75, 3.05) is 11.1 Å². The van der Waals surface area contributed by atoms with Crippen LogP contribution in [-0.2, 0) is 11.0 Å². The van der Waals surface area contributed by atoms with E-state index < -0.39 is 17.6 Å². The molecule has 0 spiro atoms. The fraction of sp³-hybridized carbons (Fsp3) is 0.0952. The van der Waals surface area contributed by atoms with Crippen LogP contribution in [0.25, 0.3) is 22.2 Å². The van der Waals surface area contributed by atoms with Crippen LogP contribution in [0.3, 0.4) is 0 Å². The van der Waals surface area contributed by atoms with Gasteiger partial charge in [-0.2, -0.15) is 13.2 Å². The maximum absolute atomic E-state index is 12.8. The minimum absolute atomic E-state index is 0.0670. The maximum Gasteiger partial charge on any atom is 0.416 e. The van der Waals surface area contributed by atoms with Crippen molar-refractivity contribution in [3.05, 3.63) is 72.3 Å². The van der Waals surface area contributed by atoms with Crippen molar-refractivity contribution >= 4 is 34.1 Å². The fourth-order valence-electron chi connectivity index (χ4n) is 2.89. The molecule has 1 amide bonds. The number of carbonyl (C=O) groups is 1. The predicted octanol–water partition coefficient (Wildman–Crippen LogP) is 5.64. The molecule has 9 heteroatoms. The van der Waals surface area contributed by atoms with E-state index in [0.717, 1.165) is 40.2 Å². The summed E-state index contributed by atoms with van der Waals surface area (Å²) < 4.78 is 44.0. The smallest absolute Gasteiger partial charge is 0.411 e. The van der Waals surface area contributed by atoms with Gasteiger partial charge in [-0.3, -0.25) is 4.79 Å². The molecule has 0 aliphatic rings. The first-order valence-corrected chi connectivity index (χ1v) is 9.80. The standard InChI is InChI=1S/C21H14F3N3O2S/c22-21(23,24)14-7-4-8-15(11-14)25-18(28)12-30-20-27-26-19(29-20)17-10-3-6-13-5-1-2-9-16(13)17/h1-11H,12H2,(H,25,28). The Morgan fingerprint density at radius 1 is 1.00 bits per heavy atom. The van der Waals surface area contributed by atoms with Crippen molar-refractivity contribution in [3.63, 3.8) is 0 Å². The minimum Gasteiger partial charge on any atom is -0.411 e. The lowest BCUT2D eigenvalue weighted by molar-refractivity contribution is -0.137. The number of thioether (sulfide) groups is 1. The van der Waals surface area contributed by atoms with E-state index in [2.05, 4.69) is 15.5 Å². The lowest BCUT2D eigenvalue weighted by Gasteiger charge is -2.09. The molecule has 0 radical (unpaired) electrons. The van der Waals surface area contributed by atoms with Gasteiger partial charge in [-0.25, -0.2) is 0 Å². The molecular formula is C21H14F3N3O2S. The Kier molecular flexibility index (Phi) is 5.45. The summed E-state index contributed by atoms with van der Waals surface area (Å²) in [5, 5.41) is 12.6. The molecule has 1 heterocycles. The molecule has 0 unspecified atom stereocenters. The quantitative estimate of drug-likeness (QED) is 0.416. The molecule has 0 aliphatic heterocycles. The van der Waals surface area contributed by atoms with Crippen LogP contribution in [0.4, 0.5) is 18.9 Å². The zero-order valence-corrected chi connectivity index (χ0v) is 16.1. The third kappa shape index (κ3) is 4.46. The minimum atomic E-state index is -4.47. The number of aromatic nitrogens is 2. The lowest BCUT2D eigenvalue weighted by atomic mass is 10.0. The molecule has 0 saturated heterocycles. The van der Waals surface area contributed by atoms with Gasteiger partial charge in [0.2, 0.25) is 11.8 Å². The highest BCUT2D eigenvalue weighted by molar-refractivity contribution is 7.99. The number of rotatable bonds is 5. The van der Waals surface area contributed by atoms with E-state index in [9.17, 15) is 18.0 Å². The van der Waals surface area contributed by atoms with E-state index in [1.807, 2.05) is 42.5 Å². The monoisotopic (exact) mass is 429 g/mol. The molecule has 0 atom stereocenters. The number of benzene rings is 3. The van der Waals surface area contributed by atoms with E-state index in [1.54, 1.807) is 0 Å². The first kappa shape index (κ1) is 20.0. The largest absolute Gasteiger partial charge is 0.416 e. The second-order valence-corrected chi connectivity index (χ2v) is 7.24. The summed E-state index contributed by atoms with van der Waals surface area (Å²) in [6.07, 6.45) is -4.47. The fourth-order valence-corrected chi connectivity index (χ4v) is 3.45. The highest BCUT2D eigenvalue weighted by Crippen LogP contribution is 2.31. The van der Waals surface area contributed by atoms with Crippen molar-refractivity contribution in [1.82, 2.24) is 10.2 Å². The average Bonchev–Trinajstić information content (AvgIpc) is 3.20. The molecule has 5 nitrogen and oxygen atoms in total. The molecule has 1 aromatic heterocycles. The average molecular weight is 429 g/mol. The third-order valence-corrected chi connectivity index (χ3v) is 5.05. The molecule has 0 fully saturated rings. The zero-order chi connectivity index (χ0) is 21.1. The van der Waals surface area contributed by atoms with Crippen molar-refractivity contribution < 1.29 is 22.4 Å². The van der Waals surface area contributed by atoms with Crippen LogP contribution in [0.2, 0.25) is 0 Å². The Morgan fingerprint density at radius 3 is 2.60 bits per heavy atom. The number of amides is 1. The molecule has 4 rings (SSSR count). The molecule has 0 bridgehead atoms. The van der Waals surface area contributed by atoms with E-state index in [0.29, 0.717) is 5.89 Å². The highest BCUT2D eigenvalue weighted by Gasteiger charge is 2.30. The van der Waals surface area contributed by atoms with Gasteiger partial charge < -0.3 is 9.73 Å². The zero-order valence-electron chi connectivity index (χ0n) is 15.3. The molecule has 0 aliphatic carbocycles. The first-order valence-electron chi connectivity index (χ1n) is 8.82. The maximum atomic E-state index is 12.8. The van der Waals surface area contributed by atoms with Crippen LogP contribution in [-0.4, -0.2) is 21.9 Å². The predicted molar refractivity (Wildman–Crippen MR) is 108 cm³/mol. The molecule has 4 aromatic rings. The van der Waals surface area contributed by atoms with Crippen LogP contribution in [0.1, 0.15) is 5.56 Å². The third-order valence-electron chi connectivity index (χ3n) is 4.23. The van der Waals surface area contributed by atoms with E-state index in [1.165, 1.54) is 12.1 Å². The van der Waals surface area contributed by atoms with Crippen LogP contribution < -0.4 is 5.32 Å². The summed E-state index contributed by atoms with van der Waals surface area (Å²) in [6.45, 7) is 0. The number of carbonyl (C=O) groups excluding carboxylic acids is 1. The van der Waals surface area contributed by atoms with Gasteiger partial charge in [-0.15, -0.1) is 10.2 Å². The second-order valence-electron chi connectivity index (χ2n) is 6.32. The first-order chi connectivity index (χ1) is 14.4. The summed E-state index contributed by atoms with van der Waals surface area (Å²) in [5.41, 5.74) is 0.0165. The second kappa shape index (κ2) is 8.19. The normalized spacial score (nSPS) is 11.6. The van der Waals surface area contributed by atoms with Gasteiger partial charge in [0.1, 0.15) is 0 Å². The molecule has 152 valence electrons. The number of hydrogen-bond acceptors (Lipinski definition) is 5. The Morgan fingerprint density at radius 2 is 1.77 bits per heavy atom. The highest BCUT2D eigenvalue weighted by atomic mass is 32.2. The van der Waals surface area contributed by atoms with Gasteiger partial charge in [0.25, 0.3) is 5.22 Å². The summed E-state index contributed by atoms with van der Waals surface area (Å²) in [6, 6.07) is 18.0. The van der Waals surface area contributed by atoms with Gasteiger partial charge in [0.05, 0.1) is 11.3 Å². The van der Waals surface area contributed by atoms with E-state index in [-0.39, 0.29) is 16.7 Å². The van der Waals surface area contributed by atoms with Crippen LogP contribution >= 0.6 is 11.8 Å². The van der Waals surface area contributed by atoms with Gasteiger partial charge in [0.15, 0.2) is 0 Å². The van der Waals surface area contributed by atoms with Crippen LogP contribution in [0.15, 0.2) is 76.4 Å². The van der Waals surface area contributed by atoms with Gasteiger partial charge in [0, 0.05) is 11.3 Å². The Balaban J connectivity index is 1.42. The SMILES string of the molecule is O=C(CSc1nnc(-c2cccc3ccccc23)o1)Nc1cccc(C(F)(F)F)c1. The Bertz CT molecular complexity index is 1200. The topological polar surface area (TPSA) is 68.0 Å². The molecule has 3 aromatic carbocycles. The molecular weight excluding hydrogens is 415 g/mol. The summed E-state index contributed by atoms with van der Waals surface area (Å²) >= 11 is 1.00. The van der Waals surface area contributed by atoms with E-state index >= 15 is 0 Å². The van der Waals surface area contributed by atoms with Crippen LogP contribution in [0.5, 0.6) is 0 Å². The van der Waals surface area contributed by atoms with Crippen molar-refractivity contribution in [3.8, 4) is 11.5 Å². The summed E-state index contributed by atoms with van der Waals surface area (Å²) in [4.78, 5) is 12.1. The number of halogens is 3. The molecule has 1 N–H and O–H groups in total. The van der Waals surface area contributed by atoms with Crippen molar-refractivity contribution in [1.29, 1.82) is 0 Å². The summed E-state index contributed by atoms with van der Waals surface area (Å²) in [7, 11) is 0. The number of anilines is 1. The Labute approximate surface area is 173 Å². The number of nitrogens with zero attached hydrogens (tertiary/aromatic N) is 2.